The van der Waals surface area contributed by atoms with E-state index in [0.29, 0.717) is 0 Å². The van der Waals surface area contributed by atoms with Crippen LogP contribution in [0.1, 0.15) is 19.9 Å². The molecule has 0 fully saturated rings. The standard InChI is InChI=1S/C5H7BrFN3/c1-3(2)10-5(7)4(6)8-9-10/h3H,1-2H3. The molecule has 1 rings (SSSR count). The average molecular weight is 208 g/mol. The second kappa shape index (κ2) is 2.65. The lowest BCUT2D eigenvalue weighted by Crippen LogP contribution is -2.05. The Hall–Kier alpha value is -0.450. The first-order valence-electron chi connectivity index (χ1n) is 2.89. The van der Waals surface area contributed by atoms with E-state index in [1.54, 1.807) is 0 Å². The number of rotatable bonds is 1. The summed E-state index contributed by atoms with van der Waals surface area (Å²) in [6.07, 6.45) is 0. The van der Waals surface area contributed by atoms with Gasteiger partial charge in [0.15, 0.2) is 4.60 Å². The fourth-order valence-electron chi connectivity index (χ4n) is 0.592. The zero-order chi connectivity index (χ0) is 7.72. The molecule has 0 bridgehead atoms. The zero-order valence-electron chi connectivity index (χ0n) is 5.67. The Kier molecular flexibility index (Phi) is 2.03. The molecule has 0 aliphatic carbocycles. The highest BCUT2D eigenvalue weighted by Gasteiger charge is 2.10. The molecule has 0 atom stereocenters. The Balaban J connectivity index is 3.05. The SMILES string of the molecule is CC(C)n1nnc(Br)c1F. The van der Waals surface area contributed by atoms with Crippen LogP contribution in [0.4, 0.5) is 4.39 Å². The predicted octanol–water partition coefficient (Wildman–Crippen LogP) is 1.76. The Morgan fingerprint density at radius 3 is 2.40 bits per heavy atom. The smallest absolute Gasteiger partial charge is 0.216 e. The van der Waals surface area contributed by atoms with Crippen LogP contribution in [0.25, 0.3) is 0 Å². The largest absolute Gasteiger partial charge is 0.246 e. The van der Waals surface area contributed by atoms with Crippen molar-refractivity contribution in [2.24, 2.45) is 0 Å². The Bertz CT molecular complexity index is 233. The van der Waals surface area contributed by atoms with Gasteiger partial charge in [-0.05, 0) is 29.8 Å². The van der Waals surface area contributed by atoms with Gasteiger partial charge in [0.2, 0.25) is 5.95 Å². The first-order chi connectivity index (χ1) is 4.63. The van der Waals surface area contributed by atoms with Crippen molar-refractivity contribution in [3.05, 3.63) is 10.6 Å². The molecular formula is C5H7BrFN3. The average Bonchev–Trinajstić information content (AvgIpc) is 2.14. The van der Waals surface area contributed by atoms with Crippen molar-refractivity contribution in [1.29, 1.82) is 0 Å². The van der Waals surface area contributed by atoms with Crippen molar-refractivity contribution in [2.75, 3.05) is 0 Å². The van der Waals surface area contributed by atoms with Crippen molar-refractivity contribution in [1.82, 2.24) is 15.0 Å². The highest BCUT2D eigenvalue weighted by Crippen LogP contribution is 2.13. The molecule has 0 aromatic carbocycles. The minimum absolute atomic E-state index is 0.0128. The first kappa shape index (κ1) is 7.65. The number of hydrogen-bond donors (Lipinski definition) is 0. The van der Waals surface area contributed by atoms with Gasteiger partial charge in [-0.3, -0.25) is 0 Å². The van der Waals surface area contributed by atoms with E-state index in [9.17, 15) is 4.39 Å². The van der Waals surface area contributed by atoms with Crippen LogP contribution in [0.2, 0.25) is 0 Å². The molecule has 1 aromatic rings. The maximum absolute atomic E-state index is 12.8. The van der Waals surface area contributed by atoms with Crippen molar-refractivity contribution < 1.29 is 4.39 Å². The Morgan fingerprint density at radius 2 is 2.20 bits per heavy atom. The van der Waals surface area contributed by atoms with E-state index >= 15 is 0 Å². The molecule has 0 aliphatic rings. The molecule has 0 radical (unpaired) electrons. The van der Waals surface area contributed by atoms with Gasteiger partial charge in [-0.1, -0.05) is 5.21 Å². The maximum atomic E-state index is 12.8. The van der Waals surface area contributed by atoms with Gasteiger partial charge in [0.05, 0.1) is 6.04 Å². The van der Waals surface area contributed by atoms with E-state index in [4.69, 9.17) is 0 Å². The molecule has 1 heterocycles. The number of halogens is 2. The minimum Gasteiger partial charge on any atom is -0.216 e. The van der Waals surface area contributed by atoms with Crippen LogP contribution in [0.3, 0.4) is 0 Å². The molecule has 1 aromatic heterocycles. The molecule has 56 valence electrons. The molecule has 0 amide bonds. The zero-order valence-corrected chi connectivity index (χ0v) is 7.26. The Labute approximate surface area is 66.4 Å². The third-order valence-corrected chi connectivity index (χ3v) is 1.58. The van der Waals surface area contributed by atoms with E-state index in [0.717, 1.165) is 0 Å². The molecule has 10 heavy (non-hydrogen) atoms. The summed E-state index contributed by atoms with van der Waals surface area (Å²) < 4.78 is 14.2. The highest BCUT2D eigenvalue weighted by atomic mass is 79.9. The predicted molar refractivity (Wildman–Crippen MR) is 38.1 cm³/mol. The van der Waals surface area contributed by atoms with E-state index in [2.05, 4.69) is 26.2 Å². The van der Waals surface area contributed by atoms with Gasteiger partial charge in [-0.2, -0.15) is 4.39 Å². The van der Waals surface area contributed by atoms with E-state index in [-0.39, 0.29) is 10.6 Å². The maximum Gasteiger partial charge on any atom is 0.246 e. The fourth-order valence-corrected chi connectivity index (χ4v) is 0.845. The molecule has 0 saturated heterocycles. The van der Waals surface area contributed by atoms with Gasteiger partial charge in [-0.25, -0.2) is 4.68 Å². The summed E-state index contributed by atoms with van der Waals surface area (Å²) in [4.78, 5) is 0. The van der Waals surface area contributed by atoms with Crippen molar-refractivity contribution in [3.63, 3.8) is 0 Å². The third-order valence-electron chi connectivity index (χ3n) is 1.09. The minimum atomic E-state index is -0.421. The summed E-state index contributed by atoms with van der Waals surface area (Å²) in [6.45, 7) is 3.68. The fraction of sp³-hybridized carbons (Fsp3) is 0.600. The molecule has 0 aliphatic heterocycles. The van der Waals surface area contributed by atoms with Gasteiger partial charge >= 0.3 is 0 Å². The molecule has 5 heteroatoms. The summed E-state index contributed by atoms with van der Waals surface area (Å²) >= 11 is 2.91. The van der Waals surface area contributed by atoms with Crippen LogP contribution < -0.4 is 0 Å². The van der Waals surface area contributed by atoms with Crippen LogP contribution in [-0.2, 0) is 0 Å². The highest BCUT2D eigenvalue weighted by molar-refractivity contribution is 9.10. The number of hydrogen-bond acceptors (Lipinski definition) is 2. The van der Waals surface area contributed by atoms with E-state index in [1.165, 1.54) is 4.68 Å². The van der Waals surface area contributed by atoms with E-state index in [1.807, 2.05) is 13.8 Å². The topological polar surface area (TPSA) is 30.7 Å². The summed E-state index contributed by atoms with van der Waals surface area (Å²) in [5.41, 5.74) is 0. The van der Waals surface area contributed by atoms with Crippen molar-refractivity contribution >= 4 is 15.9 Å². The number of nitrogens with zero attached hydrogens (tertiary/aromatic N) is 3. The van der Waals surface area contributed by atoms with Gasteiger partial charge in [-0.15, -0.1) is 5.10 Å². The lowest BCUT2D eigenvalue weighted by atomic mass is 10.4. The van der Waals surface area contributed by atoms with Gasteiger partial charge in [0, 0.05) is 0 Å². The Morgan fingerprint density at radius 1 is 1.60 bits per heavy atom. The van der Waals surface area contributed by atoms with Crippen LogP contribution in [0.15, 0.2) is 4.60 Å². The van der Waals surface area contributed by atoms with Crippen LogP contribution >= 0.6 is 15.9 Å². The van der Waals surface area contributed by atoms with Crippen molar-refractivity contribution in [2.45, 2.75) is 19.9 Å². The van der Waals surface area contributed by atoms with Crippen LogP contribution in [-0.4, -0.2) is 15.0 Å². The second-order valence-electron chi connectivity index (χ2n) is 2.21. The van der Waals surface area contributed by atoms with Crippen LogP contribution in [0, 0.1) is 5.95 Å². The summed E-state index contributed by atoms with van der Waals surface area (Å²) in [7, 11) is 0. The summed E-state index contributed by atoms with van der Waals surface area (Å²) in [5, 5.41) is 7.05. The first-order valence-corrected chi connectivity index (χ1v) is 3.68. The van der Waals surface area contributed by atoms with Gasteiger partial charge in [0.25, 0.3) is 0 Å². The van der Waals surface area contributed by atoms with Gasteiger partial charge in [0.1, 0.15) is 0 Å². The number of aromatic nitrogens is 3. The molecule has 0 spiro atoms. The van der Waals surface area contributed by atoms with Crippen LogP contribution in [0.5, 0.6) is 0 Å². The second-order valence-corrected chi connectivity index (χ2v) is 2.96. The molecule has 3 nitrogen and oxygen atoms in total. The molecule has 0 saturated carbocycles. The van der Waals surface area contributed by atoms with E-state index < -0.39 is 5.95 Å². The lowest BCUT2D eigenvalue weighted by Gasteiger charge is -2.02. The summed E-state index contributed by atoms with van der Waals surface area (Å²) in [6, 6.07) is 0.0128. The van der Waals surface area contributed by atoms with Crippen molar-refractivity contribution in [3.8, 4) is 0 Å². The van der Waals surface area contributed by atoms with Gasteiger partial charge < -0.3 is 0 Å². The quantitative estimate of drug-likeness (QED) is 0.703. The molecule has 0 unspecified atom stereocenters. The monoisotopic (exact) mass is 207 g/mol. The lowest BCUT2D eigenvalue weighted by molar-refractivity contribution is 0.409. The molecular weight excluding hydrogens is 201 g/mol. The molecule has 0 N–H and O–H groups in total. The summed E-state index contributed by atoms with van der Waals surface area (Å²) in [5.74, 6) is -0.421. The third kappa shape index (κ3) is 1.18. The normalized spacial score (nSPS) is 10.9.